The predicted octanol–water partition coefficient (Wildman–Crippen LogP) is 3.03. The molecule has 0 aliphatic carbocycles. The van der Waals surface area contributed by atoms with Crippen LogP contribution < -0.4 is 24.8 Å². The molecule has 0 spiro atoms. The van der Waals surface area contributed by atoms with E-state index in [9.17, 15) is 4.79 Å². The predicted molar refractivity (Wildman–Crippen MR) is 103 cm³/mol. The molecule has 0 bridgehead atoms. The zero-order chi connectivity index (χ0) is 17.8. The number of halogens is 1. The molecular weight excluding hydrogens is 356 g/mol. The van der Waals surface area contributed by atoms with Gasteiger partial charge in [0.05, 0.1) is 26.9 Å². The first-order chi connectivity index (χ1) is 12.2. The SMILES string of the molecule is COc1cc(OC)c(C(=O)Nc2ccc3c(c2)CNCC3)cc1OC.Cl. The highest BCUT2D eigenvalue weighted by molar-refractivity contribution is 6.06. The Labute approximate surface area is 159 Å². The van der Waals surface area contributed by atoms with Crippen LogP contribution in [-0.2, 0) is 13.0 Å². The summed E-state index contributed by atoms with van der Waals surface area (Å²) in [5, 5.41) is 6.26. The summed E-state index contributed by atoms with van der Waals surface area (Å²) in [6, 6.07) is 9.26. The second kappa shape index (κ2) is 8.78. The van der Waals surface area contributed by atoms with Crippen molar-refractivity contribution in [2.24, 2.45) is 0 Å². The molecule has 0 unspecified atom stereocenters. The Bertz CT molecular complexity index is 795. The Morgan fingerprint density at radius 1 is 0.962 bits per heavy atom. The molecule has 0 aromatic heterocycles. The van der Waals surface area contributed by atoms with Gasteiger partial charge in [0.25, 0.3) is 5.91 Å². The topological polar surface area (TPSA) is 68.8 Å². The lowest BCUT2D eigenvalue weighted by Gasteiger charge is -2.18. The number of carbonyl (C=O) groups excluding carboxylic acids is 1. The zero-order valence-electron chi connectivity index (χ0n) is 15.0. The van der Waals surface area contributed by atoms with Crippen molar-refractivity contribution in [2.45, 2.75) is 13.0 Å². The van der Waals surface area contributed by atoms with Crippen molar-refractivity contribution in [3.05, 3.63) is 47.0 Å². The highest BCUT2D eigenvalue weighted by atomic mass is 35.5. The van der Waals surface area contributed by atoms with Gasteiger partial charge in [0.15, 0.2) is 11.5 Å². The number of hydrogen-bond acceptors (Lipinski definition) is 5. The van der Waals surface area contributed by atoms with E-state index in [0.717, 1.165) is 25.2 Å². The molecule has 0 fully saturated rings. The molecule has 0 saturated heterocycles. The zero-order valence-corrected chi connectivity index (χ0v) is 15.9. The van der Waals surface area contributed by atoms with Crippen LogP contribution in [0.5, 0.6) is 17.2 Å². The first-order valence-corrected chi connectivity index (χ1v) is 8.10. The standard InChI is InChI=1S/C19H22N2O4.ClH/c1-23-16-10-18(25-3)17(24-2)9-15(16)19(22)21-14-5-4-12-6-7-20-11-13(12)8-14;/h4-5,8-10,20H,6-7,11H2,1-3H3,(H,21,22);1H. The van der Waals surface area contributed by atoms with Gasteiger partial charge in [-0.05, 0) is 36.2 Å². The second-order valence-electron chi connectivity index (χ2n) is 5.77. The molecule has 140 valence electrons. The summed E-state index contributed by atoms with van der Waals surface area (Å²) >= 11 is 0. The summed E-state index contributed by atoms with van der Waals surface area (Å²) in [6.07, 6.45) is 1.01. The van der Waals surface area contributed by atoms with Gasteiger partial charge in [0.1, 0.15) is 5.75 Å². The number of nitrogens with one attached hydrogen (secondary N) is 2. The maximum atomic E-state index is 12.7. The van der Waals surface area contributed by atoms with Gasteiger partial charge in [-0.3, -0.25) is 4.79 Å². The van der Waals surface area contributed by atoms with Crippen molar-refractivity contribution in [3.8, 4) is 17.2 Å². The van der Waals surface area contributed by atoms with E-state index in [4.69, 9.17) is 14.2 Å². The first-order valence-electron chi connectivity index (χ1n) is 8.10. The maximum absolute atomic E-state index is 12.7. The van der Waals surface area contributed by atoms with E-state index in [1.54, 1.807) is 12.1 Å². The molecule has 2 aromatic rings. The number of carbonyl (C=O) groups is 1. The molecule has 0 atom stereocenters. The normalized spacial score (nSPS) is 12.4. The number of fused-ring (bicyclic) bond motifs is 1. The number of anilines is 1. The Morgan fingerprint density at radius 3 is 2.35 bits per heavy atom. The van der Waals surface area contributed by atoms with Gasteiger partial charge < -0.3 is 24.8 Å². The van der Waals surface area contributed by atoms with Gasteiger partial charge in [-0.15, -0.1) is 12.4 Å². The third-order valence-corrected chi connectivity index (χ3v) is 4.30. The molecule has 2 aromatic carbocycles. The molecule has 26 heavy (non-hydrogen) atoms. The lowest BCUT2D eigenvalue weighted by atomic mass is 10.0. The van der Waals surface area contributed by atoms with Crippen LogP contribution in [0.2, 0.25) is 0 Å². The van der Waals surface area contributed by atoms with Crippen LogP contribution in [0.3, 0.4) is 0 Å². The molecule has 7 heteroatoms. The third-order valence-electron chi connectivity index (χ3n) is 4.30. The highest BCUT2D eigenvalue weighted by Gasteiger charge is 2.18. The first kappa shape index (κ1) is 19.9. The van der Waals surface area contributed by atoms with Crippen molar-refractivity contribution < 1.29 is 19.0 Å². The summed E-state index contributed by atoms with van der Waals surface area (Å²) in [5.74, 6) is 1.15. The average Bonchev–Trinajstić information content (AvgIpc) is 2.66. The summed E-state index contributed by atoms with van der Waals surface area (Å²) < 4.78 is 15.9. The summed E-state index contributed by atoms with van der Waals surface area (Å²) in [7, 11) is 4.59. The van der Waals surface area contributed by atoms with Crippen molar-refractivity contribution in [1.82, 2.24) is 5.32 Å². The van der Waals surface area contributed by atoms with Crippen molar-refractivity contribution in [2.75, 3.05) is 33.2 Å². The van der Waals surface area contributed by atoms with E-state index >= 15 is 0 Å². The Kier molecular flexibility index (Phi) is 6.71. The molecule has 1 amide bonds. The molecular formula is C19H23ClN2O4. The van der Waals surface area contributed by atoms with E-state index in [-0.39, 0.29) is 18.3 Å². The minimum Gasteiger partial charge on any atom is -0.496 e. The molecule has 3 rings (SSSR count). The summed E-state index contributed by atoms with van der Waals surface area (Å²) in [6.45, 7) is 1.81. The lowest BCUT2D eigenvalue weighted by molar-refractivity contribution is 0.102. The fourth-order valence-electron chi connectivity index (χ4n) is 2.96. The molecule has 0 radical (unpaired) electrons. The lowest BCUT2D eigenvalue weighted by Crippen LogP contribution is -2.23. The summed E-state index contributed by atoms with van der Waals surface area (Å²) in [4.78, 5) is 12.7. The van der Waals surface area contributed by atoms with Crippen LogP contribution in [0, 0.1) is 0 Å². The van der Waals surface area contributed by atoms with Crippen LogP contribution in [0.15, 0.2) is 30.3 Å². The van der Waals surface area contributed by atoms with Crippen molar-refractivity contribution >= 4 is 24.0 Å². The van der Waals surface area contributed by atoms with E-state index in [2.05, 4.69) is 16.7 Å². The number of benzene rings is 2. The van der Waals surface area contributed by atoms with Gasteiger partial charge >= 0.3 is 0 Å². The van der Waals surface area contributed by atoms with E-state index < -0.39 is 0 Å². The van der Waals surface area contributed by atoms with Crippen molar-refractivity contribution in [3.63, 3.8) is 0 Å². The molecule has 6 nitrogen and oxygen atoms in total. The van der Waals surface area contributed by atoms with E-state index in [1.807, 2.05) is 12.1 Å². The van der Waals surface area contributed by atoms with Crippen LogP contribution in [0.25, 0.3) is 0 Å². The number of amides is 1. The fraction of sp³-hybridized carbons (Fsp3) is 0.316. The Hall–Kier alpha value is -2.44. The molecule has 2 N–H and O–H groups in total. The number of hydrogen-bond donors (Lipinski definition) is 2. The summed E-state index contributed by atoms with van der Waals surface area (Å²) in [5.41, 5.74) is 3.67. The number of rotatable bonds is 5. The molecule has 1 heterocycles. The van der Waals surface area contributed by atoms with Gasteiger partial charge in [-0.25, -0.2) is 0 Å². The fourth-order valence-corrected chi connectivity index (χ4v) is 2.96. The smallest absolute Gasteiger partial charge is 0.259 e. The third kappa shape index (κ3) is 4.03. The largest absolute Gasteiger partial charge is 0.496 e. The Balaban J connectivity index is 0.00000243. The van der Waals surface area contributed by atoms with Gasteiger partial charge in [0.2, 0.25) is 0 Å². The molecule has 1 aliphatic heterocycles. The highest BCUT2D eigenvalue weighted by Crippen LogP contribution is 2.35. The number of methoxy groups -OCH3 is 3. The van der Waals surface area contributed by atoms with Gasteiger partial charge in [0, 0.05) is 24.4 Å². The number of ether oxygens (including phenoxy) is 3. The van der Waals surface area contributed by atoms with Crippen molar-refractivity contribution in [1.29, 1.82) is 0 Å². The van der Waals surface area contributed by atoms with Crippen LogP contribution in [-0.4, -0.2) is 33.8 Å². The molecule has 0 saturated carbocycles. The monoisotopic (exact) mass is 378 g/mol. The van der Waals surface area contributed by atoms with Gasteiger partial charge in [-0.1, -0.05) is 6.07 Å². The average molecular weight is 379 g/mol. The van der Waals surface area contributed by atoms with Crippen LogP contribution in [0.1, 0.15) is 21.5 Å². The minimum absolute atomic E-state index is 0. The van der Waals surface area contributed by atoms with E-state index in [0.29, 0.717) is 22.8 Å². The molecule has 1 aliphatic rings. The van der Waals surface area contributed by atoms with E-state index in [1.165, 1.54) is 32.5 Å². The second-order valence-corrected chi connectivity index (χ2v) is 5.77. The minimum atomic E-state index is -0.262. The van der Waals surface area contributed by atoms with Gasteiger partial charge in [-0.2, -0.15) is 0 Å². The van der Waals surface area contributed by atoms with Crippen LogP contribution in [0.4, 0.5) is 5.69 Å². The Morgan fingerprint density at radius 2 is 1.65 bits per heavy atom. The van der Waals surface area contributed by atoms with Crippen LogP contribution >= 0.6 is 12.4 Å². The quantitative estimate of drug-likeness (QED) is 0.837. The maximum Gasteiger partial charge on any atom is 0.259 e.